The molecular weight excluding hydrogens is 360 g/mol. The normalized spacial score (nSPS) is 21.7. The van der Waals surface area contributed by atoms with E-state index in [1.807, 2.05) is 6.07 Å². The maximum absolute atomic E-state index is 9.58. The highest BCUT2D eigenvalue weighted by atomic mass is 16.4. The van der Waals surface area contributed by atoms with E-state index in [1.54, 1.807) is 0 Å². The third-order valence-corrected chi connectivity index (χ3v) is 5.98. The second-order valence-electron chi connectivity index (χ2n) is 7.93. The van der Waals surface area contributed by atoms with Crippen LogP contribution in [-0.2, 0) is 6.54 Å². The highest BCUT2D eigenvalue weighted by Gasteiger charge is 2.44. The maximum atomic E-state index is 9.58. The minimum absolute atomic E-state index is 0.289. The van der Waals surface area contributed by atoms with E-state index in [0.29, 0.717) is 17.5 Å². The van der Waals surface area contributed by atoms with Crippen molar-refractivity contribution in [1.82, 2.24) is 9.88 Å². The topological polar surface area (TPSA) is 56.3 Å². The average molecular weight is 384 g/mol. The summed E-state index contributed by atoms with van der Waals surface area (Å²) in [5.74, 6) is 2.12. The molecule has 0 bridgehead atoms. The number of hydrogen-bond acceptors (Lipinski definition) is 5. The SMILES string of the molecule is N#Cc1nc([C@@H]2C[C@H]2c2ccccc2)oc1N1CCN(Cc2ccccc2)CC1. The number of hydrogen-bond donors (Lipinski definition) is 0. The van der Waals surface area contributed by atoms with Crippen LogP contribution >= 0.6 is 0 Å². The lowest BCUT2D eigenvalue weighted by Gasteiger charge is -2.34. The van der Waals surface area contributed by atoms with Gasteiger partial charge in [0.25, 0.3) is 0 Å². The molecule has 1 saturated carbocycles. The van der Waals surface area contributed by atoms with E-state index < -0.39 is 0 Å². The quantitative estimate of drug-likeness (QED) is 0.662. The first-order valence-electron chi connectivity index (χ1n) is 10.3. The molecule has 2 heterocycles. The number of rotatable bonds is 5. The fraction of sp³-hybridized carbons (Fsp3) is 0.333. The summed E-state index contributed by atoms with van der Waals surface area (Å²) in [6.45, 7) is 4.56. The van der Waals surface area contributed by atoms with Gasteiger partial charge >= 0.3 is 0 Å². The van der Waals surface area contributed by atoms with Gasteiger partial charge in [-0.2, -0.15) is 5.26 Å². The Bertz CT molecular complexity index is 1000. The maximum Gasteiger partial charge on any atom is 0.234 e. The molecule has 0 N–H and O–H groups in total. The molecule has 2 fully saturated rings. The number of nitriles is 1. The molecule has 1 aliphatic carbocycles. The third kappa shape index (κ3) is 3.76. The van der Waals surface area contributed by atoms with Crippen molar-refractivity contribution in [2.24, 2.45) is 0 Å². The lowest BCUT2D eigenvalue weighted by Crippen LogP contribution is -2.46. The zero-order chi connectivity index (χ0) is 19.6. The first-order chi connectivity index (χ1) is 14.3. The molecule has 0 radical (unpaired) electrons. The molecule has 0 spiro atoms. The van der Waals surface area contributed by atoms with E-state index in [2.05, 4.69) is 75.5 Å². The summed E-state index contributed by atoms with van der Waals surface area (Å²) < 4.78 is 6.15. The van der Waals surface area contributed by atoms with Crippen LogP contribution in [0.15, 0.2) is 65.1 Å². The predicted molar refractivity (Wildman–Crippen MR) is 112 cm³/mol. The van der Waals surface area contributed by atoms with Crippen LogP contribution in [0.25, 0.3) is 0 Å². The van der Waals surface area contributed by atoms with Crippen LogP contribution in [-0.4, -0.2) is 36.1 Å². The number of anilines is 1. The van der Waals surface area contributed by atoms with E-state index in [1.165, 1.54) is 11.1 Å². The standard InChI is InChI=1S/C24H24N4O/c25-16-22-24(28-13-11-27(12-14-28)17-18-7-3-1-4-8-18)29-23(26-22)21-15-20(21)19-9-5-2-6-10-19/h1-10,20-21H,11-15,17H2/t20-,21+/m0/s1. The number of oxazole rings is 1. The van der Waals surface area contributed by atoms with Crippen LogP contribution in [0.5, 0.6) is 0 Å². The van der Waals surface area contributed by atoms with Gasteiger partial charge in [0, 0.05) is 38.6 Å². The largest absolute Gasteiger partial charge is 0.423 e. The first-order valence-corrected chi connectivity index (χ1v) is 10.3. The lowest BCUT2D eigenvalue weighted by atomic mass is 10.1. The molecule has 2 atom stereocenters. The highest BCUT2D eigenvalue weighted by Crippen LogP contribution is 2.54. The first kappa shape index (κ1) is 18.0. The molecule has 1 saturated heterocycles. The fourth-order valence-electron chi connectivity index (χ4n) is 4.26. The van der Waals surface area contributed by atoms with Crippen molar-refractivity contribution in [3.8, 4) is 6.07 Å². The Hall–Kier alpha value is -3.10. The van der Waals surface area contributed by atoms with E-state index in [-0.39, 0.29) is 5.92 Å². The molecule has 3 aromatic rings. The Morgan fingerprint density at radius 1 is 0.931 bits per heavy atom. The van der Waals surface area contributed by atoms with Crippen molar-refractivity contribution in [3.63, 3.8) is 0 Å². The summed E-state index contributed by atoms with van der Waals surface area (Å²) >= 11 is 0. The van der Waals surface area contributed by atoms with Gasteiger partial charge in [0.15, 0.2) is 0 Å². The van der Waals surface area contributed by atoms with Gasteiger partial charge in [0.2, 0.25) is 17.5 Å². The van der Waals surface area contributed by atoms with Gasteiger partial charge in [-0.3, -0.25) is 4.90 Å². The summed E-state index contributed by atoms with van der Waals surface area (Å²) in [5.41, 5.74) is 3.09. The number of piperazine rings is 1. The van der Waals surface area contributed by atoms with Gasteiger partial charge in [-0.25, -0.2) is 4.98 Å². The zero-order valence-electron chi connectivity index (χ0n) is 16.4. The van der Waals surface area contributed by atoms with Gasteiger partial charge in [-0.15, -0.1) is 0 Å². The molecular formula is C24H24N4O. The van der Waals surface area contributed by atoms with Crippen LogP contribution in [0.4, 0.5) is 5.88 Å². The minimum Gasteiger partial charge on any atom is -0.423 e. The molecule has 0 amide bonds. The van der Waals surface area contributed by atoms with E-state index in [4.69, 9.17) is 4.42 Å². The molecule has 29 heavy (non-hydrogen) atoms. The van der Waals surface area contributed by atoms with Gasteiger partial charge in [0.05, 0.1) is 0 Å². The monoisotopic (exact) mass is 384 g/mol. The Morgan fingerprint density at radius 3 is 2.31 bits per heavy atom. The van der Waals surface area contributed by atoms with Gasteiger partial charge < -0.3 is 9.32 Å². The second-order valence-corrected chi connectivity index (χ2v) is 7.93. The number of nitrogens with zero attached hydrogens (tertiary/aromatic N) is 4. The zero-order valence-corrected chi connectivity index (χ0v) is 16.4. The van der Waals surface area contributed by atoms with Crippen molar-refractivity contribution < 1.29 is 4.42 Å². The summed E-state index contributed by atoms with van der Waals surface area (Å²) in [6.07, 6.45) is 1.04. The van der Waals surface area contributed by atoms with Crippen LogP contribution in [0.2, 0.25) is 0 Å². The van der Waals surface area contributed by atoms with Gasteiger partial charge in [0.1, 0.15) is 6.07 Å². The second kappa shape index (κ2) is 7.73. The van der Waals surface area contributed by atoms with Crippen molar-refractivity contribution in [1.29, 1.82) is 5.26 Å². The predicted octanol–water partition coefficient (Wildman–Crippen LogP) is 4.14. The summed E-state index contributed by atoms with van der Waals surface area (Å²) in [6, 6.07) is 23.3. The Labute approximate surface area is 171 Å². The Morgan fingerprint density at radius 2 is 1.62 bits per heavy atom. The van der Waals surface area contributed by atoms with Crippen LogP contribution in [0.1, 0.15) is 41.0 Å². The van der Waals surface area contributed by atoms with Crippen LogP contribution in [0.3, 0.4) is 0 Å². The lowest BCUT2D eigenvalue weighted by molar-refractivity contribution is 0.245. The van der Waals surface area contributed by atoms with E-state index in [0.717, 1.165) is 45.0 Å². The van der Waals surface area contributed by atoms with Crippen LogP contribution in [0, 0.1) is 11.3 Å². The fourth-order valence-corrected chi connectivity index (χ4v) is 4.26. The van der Waals surface area contributed by atoms with Crippen molar-refractivity contribution >= 4 is 5.88 Å². The van der Waals surface area contributed by atoms with Gasteiger partial charge in [-0.05, 0) is 23.5 Å². The van der Waals surface area contributed by atoms with E-state index >= 15 is 0 Å². The van der Waals surface area contributed by atoms with Gasteiger partial charge in [-0.1, -0.05) is 60.7 Å². The van der Waals surface area contributed by atoms with Crippen molar-refractivity contribution in [2.45, 2.75) is 24.8 Å². The molecule has 5 heteroatoms. The summed E-state index contributed by atoms with van der Waals surface area (Å²) in [4.78, 5) is 9.17. The molecule has 1 aliphatic heterocycles. The molecule has 2 aliphatic rings. The average Bonchev–Trinajstić information content (AvgIpc) is 3.47. The highest BCUT2D eigenvalue weighted by molar-refractivity contribution is 5.49. The number of aromatic nitrogens is 1. The molecule has 5 rings (SSSR count). The van der Waals surface area contributed by atoms with E-state index in [9.17, 15) is 5.26 Å². The summed E-state index contributed by atoms with van der Waals surface area (Å²) in [7, 11) is 0. The smallest absolute Gasteiger partial charge is 0.234 e. The Balaban J connectivity index is 1.25. The number of benzene rings is 2. The molecule has 1 aromatic heterocycles. The van der Waals surface area contributed by atoms with Crippen molar-refractivity contribution in [3.05, 3.63) is 83.4 Å². The molecule has 146 valence electrons. The molecule has 0 unspecified atom stereocenters. The molecule has 5 nitrogen and oxygen atoms in total. The summed E-state index contributed by atoms with van der Waals surface area (Å²) in [5, 5.41) is 9.58. The third-order valence-electron chi connectivity index (χ3n) is 5.98. The van der Waals surface area contributed by atoms with Crippen LogP contribution < -0.4 is 4.90 Å². The Kier molecular flexibility index (Phi) is 4.79. The van der Waals surface area contributed by atoms with Crippen molar-refractivity contribution in [2.75, 3.05) is 31.1 Å². The molecule has 2 aromatic carbocycles. The minimum atomic E-state index is 0.289.